The lowest BCUT2D eigenvalue weighted by atomic mass is 10.1. The van der Waals surface area contributed by atoms with Gasteiger partial charge in [0.1, 0.15) is 11.4 Å². The van der Waals surface area contributed by atoms with E-state index in [1.165, 1.54) is 0 Å². The summed E-state index contributed by atoms with van der Waals surface area (Å²) in [6.07, 6.45) is 2.39. The minimum atomic E-state index is -0.116. The molecule has 0 radical (unpaired) electrons. The van der Waals surface area contributed by atoms with E-state index in [0.717, 1.165) is 11.3 Å². The molecule has 4 nitrogen and oxygen atoms in total. The average Bonchev–Trinajstić information content (AvgIpc) is 2.94. The van der Waals surface area contributed by atoms with E-state index in [1.807, 2.05) is 12.1 Å². The summed E-state index contributed by atoms with van der Waals surface area (Å²) < 4.78 is 5.08. The van der Waals surface area contributed by atoms with Crippen LogP contribution in [-0.4, -0.2) is 24.5 Å². The highest BCUT2D eigenvalue weighted by atomic mass is 35.5. The van der Waals surface area contributed by atoms with E-state index in [-0.39, 0.29) is 5.91 Å². The first-order chi connectivity index (χ1) is 9.20. The summed E-state index contributed by atoms with van der Waals surface area (Å²) in [6.45, 7) is 0.532. The third-order valence-corrected chi connectivity index (χ3v) is 3.13. The molecule has 0 atom stereocenters. The summed E-state index contributed by atoms with van der Waals surface area (Å²) in [7, 11) is 1.60. The molecule has 0 saturated heterocycles. The summed E-state index contributed by atoms with van der Waals surface area (Å²) in [5.41, 5.74) is 1.54. The summed E-state index contributed by atoms with van der Waals surface area (Å²) in [6, 6.07) is 9.05. The zero-order chi connectivity index (χ0) is 13.7. The van der Waals surface area contributed by atoms with E-state index in [1.54, 1.807) is 31.5 Å². The number of aromatic amines is 1. The van der Waals surface area contributed by atoms with Crippen molar-refractivity contribution in [2.24, 2.45) is 0 Å². The zero-order valence-corrected chi connectivity index (χ0v) is 11.3. The van der Waals surface area contributed by atoms with E-state index in [4.69, 9.17) is 16.3 Å². The van der Waals surface area contributed by atoms with Gasteiger partial charge in [-0.05, 0) is 36.2 Å². The Labute approximate surface area is 116 Å². The second-order valence-corrected chi connectivity index (χ2v) is 4.45. The van der Waals surface area contributed by atoms with E-state index in [9.17, 15) is 4.79 Å². The van der Waals surface area contributed by atoms with Gasteiger partial charge in [-0.2, -0.15) is 0 Å². The van der Waals surface area contributed by atoms with Crippen LogP contribution < -0.4 is 10.1 Å². The number of ether oxygens (including phenoxy) is 1. The van der Waals surface area contributed by atoms with Crippen LogP contribution >= 0.6 is 11.6 Å². The van der Waals surface area contributed by atoms with Gasteiger partial charge in [-0.15, -0.1) is 0 Å². The number of benzene rings is 1. The third kappa shape index (κ3) is 3.51. The van der Waals surface area contributed by atoms with Gasteiger partial charge in [0.2, 0.25) is 0 Å². The molecule has 0 aliphatic rings. The molecular weight excluding hydrogens is 264 g/mol. The van der Waals surface area contributed by atoms with Gasteiger partial charge in [0, 0.05) is 17.8 Å². The number of rotatable bonds is 5. The number of carbonyl (C=O) groups excluding carboxylic acids is 1. The van der Waals surface area contributed by atoms with Crippen LogP contribution in [0.25, 0.3) is 0 Å². The summed E-state index contributed by atoms with van der Waals surface area (Å²) >= 11 is 6.12. The Kier molecular flexibility index (Phi) is 4.47. The number of nitrogens with one attached hydrogen (secondary N) is 2. The number of H-pyrrole nitrogens is 1. The minimum absolute atomic E-state index is 0.116. The highest BCUT2D eigenvalue weighted by Crippen LogP contribution is 2.22. The smallest absolute Gasteiger partial charge is 0.267 e. The van der Waals surface area contributed by atoms with Crippen LogP contribution in [0.2, 0.25) is 5.02 Å². The quantitative estimate of drug-likeness (QED) is 0.883. The van der Waals surface area contributed by atoms with Crippen LogP contribution in [0.15, 0.2) is 36.5 Å². The number of hydrogen-bond donors (Lipinski definition) is 2. The van der Waals surface area contributed by atoms with Crippen molar-refractivity contribution < 1.29 is 9.53 Å². The van der Waals surface area contributed by atoms with Crippen LogP contribution in [0, 0.1) is 0 Å². The van der Waals surface area contributed by atoms with Crippen molar-refractivity contribution >= 4 is 17.5 Å². The van der Waals surface area contributed by atoms with Gasteiger partial charge in [-0.3, -0.25) is 4.79 Å². The Balaban J connectivity index is 1.87. The van der Waals surface area contributed by atoms with Crippen LogP contribution in [-0.2, 0) is 6.42 Å². The maximum Gasteiger partial charge on any atom is 0.267 e. The number of hydrogen-bond acceptors (Lipinski definition) is 2. The van der Waals surface area contributed by atoms with E-state index in [0.29, 0.717) is 23.7 Å². The van der Waals surface area contributed by atoms with Crippen molar-refractivity contribution in [3.8, 4) is 5.75 Å². The lowest BCUT2D eigenvalue weighted by molar-refractivity contribution is 0.0950. The highest BCUT2D eigenvalue weighted by molar-refractivity contribution is 6.31. The lowest BCUT2D eigenvalue weighted by Gasteiger charge is -2.07. The van der Waals surface area contributed by atoms with Gasteiger partial charge in [0.15, 0.2) is 0 Å². The number of carbonyl (C=O) groups is 1. The van der Waals surface area contributed by atoms with Crippen molar-refractivity contribution in [1.29, 1.82) is 0 Å². The molecule has 0 unspecified atom stereocenters. The molecule has 1 aromatic carbocycles. The van der Waals surface area contributed by atoms with Crippen LogP contribution in [0.4, 0.5) is 0 Å². The predicted molar refractivity (Wildman–Crippen MR) is 74.8 cm³/mol. The fraction of sp³-hybridized carbons (Fsp3) is 0.214. The van der Waals surface area contributed by atoms with Gasteiger partial charge < -0.3 is 15.0 Å². The molecule has 2 rings (SSSR count). The van der Waals surface area contributed by atoms with Crippen LogP contribution in [0.5, 0.6) is 5.75 Å². The maximum atomic E-state index is 11.7. The third-order valence-electron chi connectivity index (χ3n) is 2.78. The Bertz CT molecular complexity index is 553. The summed E-state index contributed by atoms with van der Waals surface area (Å²) in [4.78, 5) is 14.5. The van der Waals surface area contributed by atoms with Crippen LogP contribution in [0.3, 0.4) is 0 Å². The molecular formula is C14H15ClN2O2. The number of halogens is 1. The first-order valence-electron chi connectivity index (χ1n) is 5.94. The SMILES string of the molecule is COc1ccc(CCNC(=O)c2ccc[nH]2)c(Cl)c1. The first kappa shape index (κ1) is 13.5. The number of amides is 1. The van der Waals surface area contributed by atoms with Crippen molar-refractivity contribution in [1.82, 2.24) is 10.3 Å². The van der Waals surface area contributed by atoms with Gasteiger partial charge in [-0.1, -0.05) is 17.7 Å². The van der Waals surface area contributed by atoms with Gasteiger partial charge >= 0.3 is 0 Å². The molecule has 1 heterocycles. The van der Waals surface area contributed by atoms with Crippen molar-refractivity contribution in [3.05, 3.63) is 52.8 Å². The van der Waals surface area contributed by atoms with E-state index >= 15 is 0 Å². The van der Waals surface area contributed by atoms with Crippen molar-refractivity contribution in [2.45, 2.75) is 6.42 Å². The molecule has 1 amide bonds. The van der Waals surface area contributed by atoms with E-state index < -0.39 is 0 Å². The second kappa shape index (κ2) is 6.29. The molecule has 1 aromatic heterocycles. The number of aromatic nitrogens is 1. The zero-order valence-electron chi connectivity index (χ0n) is 10.6. The average molecular weight is 279 g/mol. The Hall–Kier alpha value is -1.94. The molecule has 100 valence electrons. The molecule has 0 bridgehead atoms. The Morgan fingerprint density at radius 3 is 2.89 bits per heavy atom. The second-order valence-electron chi connectivity index (χ2n) is 4.05. The molecule has 0 aliphatic heterocycles. The molecule has 0 aliphatic carbocycles. The minimum Gasteiger partial charge on any atom is -0.497 e. The van der Waals surface area contributed by atoms with E-state index in [2.05, 4.69) is 10.3 Å². The summed E-state index contributed by atoms with van der Waals surface area (Å²) in [5, 5.41) is 3.48. The molecule has 2 N–H and O–H groups in total. The first-order valence-corrected chi connectivity index (χ1v) is 6.32. The van der Waals surface area contributed by atoms with Crippen molar-refractivity contribution in [3.63, 3.8) is 0 Å². The normalized spacial score (nSPS) is 10.2. The highest BCUT2D eigenvalue weighted by Gasteiger charge is 2.06. The largest absolute Gasteiger partial charge is 0.497 e. The van der Waals surface area contributed by atoms with Gasteiger partial charge in [0.25, 0.3) is 5.91 Å². The predicted octanol–water partition coefficient (Wildman–Crippen LogP) is 2.65. The maximum absolute atomic E-state index is 11.7. The fourth-order valence-corrected chi connectivity index (χ4v) is 2.00. The van der Waals surface area contributed by atoms with Gasteiger partial charge in [-0.25, -0.2) is 0 Å². The Morgan fingerprint density at radius 1 is 1.42 bits per heavy atom. The molecule has 2 aromatic rings. The van der Waals surface area contributed by atoms with Crippen LogP contribution in [0.1, 0.15) is 16.1 Å². The molecule has 0 spiro atoms. The fourth-order valence-electron chi connectivity index (χ4n) is 1.74. The molecule has 0 fully saturated rings. The lowest BCUT2D eigenvalue weighted by Crippen LogP contribution is -2.25. The standard InChI is InChI=1S/C14H15ClN2O2/c1-19-11-5-4-10(12(15)9-11)6-8-17-14(18)13-3-2-7-16-13/h2-5,7,9,16H,6,8H2,1H3,(H,17,18). The topological polar surface area (TPSA) is 54.1 Å². The number of methoxy groups -OCH3 is 1. The Morgan fingerprint density at radius 2 is 2.26 bits per heavy atom. The monoisotopic (exact) mass is 278 g/mol. The summed E-state index contributed by atoms with van der Waals surface area (Å²) in [5.74, 6) is 0.610. The molecule has 5 heteroatoms. The molecule has 19 heavy (non-hydrogen) atoms. The van der Waals surface area contributed by atoms with Gasteiger partial charge in [0.05, 0.1) is 7.11 Å². The van der Waals surface area contributed by atoms with Crippen molar-refractivity contribution in [2.75, 3.05) is 13.7 Å². The molecule has 0 saturated carbocycles.